The monoisotopic (exact) mass is 481 g/mol. The first-order valence-corrected chi connectivity index (χ1v) is 10.4. The lowest BCUT2D eigenvalue weighted by molar-refractivity contribution is -0.146. The van der Waals surface area contributed by atoms with Crippen LogP contribution in [0.3, 0.4) is 0 Å². The quantitative estimate of drug-likeness (QED) is 0.264. The standard InChI is InChI=1S/C24H23F4NO5/c1-4-34-24(31)19(15-10-14(32-2)7-8-18(15)33-3)12-5-6-13(9-12)29-23(30)20-21(27)16(25)11-17(26)22(20)28/h5-8,10-13,19H,4,9H2,1-3H3,(H,29,30)/t12-,13+,19+/m1/s1. The number of amides is 1. The highest BCUT2D eigenvalue weighted by atomic mass is 19.2. The third-order valence-electron chi connectivity index (χ3n) is 5.51. The molecule has 0 heterocycles. The molecule has 0 bridgehead atoms. The second kappa shape index (κ2) is 10.6. The highest BCUT2D eigenvalue weighted by molar-refractivity contribution is 5.95. The first-order chi connectivity index (χ1) is 16.2. The van der Waals surface area contributed by atoms with Crippen molar-refractivity contribution in [3.8, 4) is 11.5 Å². The summed E-state index contributed by atoms with van der Waals surface area (Å²) in [6, 6.07) is 4.21. The highest BCUT2D eigenvalue weighted by Crippen LogP contribution is 2.40. The Hall–Kier alpha value is -3.56. The zero-order valence-corrected chi connectivity index (χ0v) is 18.7. The number of hydrogen-bond donors (Lipinski definition) is 1. The van der Waals surface area contributed by atoms with E-state index in [4.69, 9.17) is 14.2 Å². The molecule has 1 amide bonds. The van der Waals surface area contributed by atoms with Crippen LogP contribution in [0.5, 0.6) is 11.5 Å². The van der Waals surface area contributed by atoms with E-state index in [1.54, 1.807) is 31.2 Å². The van der Waals surface area contributed by atoms with Gasteiger partial charge in [0, 0.05) is 17.7 Å². The number of carbonyl (C=O) groups is 2. The van der Waals surface area contributed by atoms with Gasteiger partial charge in [-0.1, -0.05) is 12.2 Å². The minimum atomic E-state index is -1.79. The van der Waals surface area contributed by atoms with Crippen molar-refractivity contribution < 1.29 is 41.4 Å². The molecule has 2 aromatic carbocycles. The van der Waals surface area contributed by atoms with Gasteiger partial charge in [0.2, 0.25) is 0 Å². The van der Waals surface area contributed by atoms with Crippen LogP contribution in [0.15, 0.2) is 36.4 Å². The van der Waals surface area contributed by atoms with Gasteiger partial charge >= 0.3 is 5.97 Å². The molecule has 0 radical (unpaired) electrons. The van der Waals surface area contributed by atoms with Crippen molar-refractivity contribution >= 4 is 11.9 Å². The van der Waals surface area contributed by atoms with Crippen molar-refractivity contribution in [2.75, 3.05) is 20.8 Å². The predicted octanol–water partition coefficient (Wildman–Crippen LogP) is 4.28. The highest BCUT2D eigenvalue weighted by Gasteiger charge is 2.37. The summed E-state index contributed by atoms with van der Waals surface area (Å²) < 4.78 is 70.9. The van der Waals surface area contributed by atoms with Gasteiger partial charge in [0.1, 0.15) is 17.1 Å². The molecule has 0 aromatic heterocycles. The number of esters is 1. The van der Waals surface area contributed by atoms with Gasteiger partial charge in [0.25, 0.3) is 5.91 Å². The van der Waals surface area contributed by atoms with E-state index in [9.17, 15) is 27.2 Å². The summed E-state index contributed by atoms with van der Waals surface area (Å²) in [7, 11) is 2.92. The molecule has 3 atom stereocenters. The molecule has 1 N–H and O–H groups in total. The van der Waals surface area contributed by atoms with Gasteiger partial charge in [0.15, 0.2) is 23.3 Å². The lowest BCUT2D eigenvalue weighted by atomic mass is 9.84. The Balaban J connectivity index is 1.86. The molecule has 1 aliphatic carbocycles. The molecule has 3 rings (SSSR count). The second-order valence-corrected chi connectivity index (χ2v) is 7.55. The fourth-order valence-corrected chi connectivity index (χ4v) is 3.94. The maximum atomic E-state index is 14.0. The fraction of sp³-hybridized carbons (Fsp3) is 0.333. The Morgan fingerprint density at radius 3 is 2.29 bits per heavy atom. The van der Waals surface area contributed by atoms with Crippen LogP contribution in [0, 0.1) is 29.2 Å². The maximum Gasteiger partial charge on any atom is 0.314 e. The fourth-order valence-electron chi connectivity index (χ4n) is 3.94. The summed E-state index contributed by atoms with van der Waals surface area (Å²) in [6.45, 7) is 1.79. The van der Waals surface area contributed by atoms with E-state index in [1.165, 1.54) is 20.3 Å². The number of nitrogens with one attached hydrogen (secondary N) is 1. The maximum absolute atomic E-state index is 14.0. The summed E-state index contributed by atoms with van der Waals surface area (Å²) >= 11 is 0. The number of hydrogen-bond acceptors (Lipinski definition) is 5. The minimum Gasteiger partial charge on any atom is -0.497 e. The Morgan fingerprint density at radius 2 is 1.71 bits per heavy atom. The normalized spacial score (nSPS) is 17.9. The Labute approximate surface area is 193 Å². The average molecular weight is 481 g/mol. The first kappa shape index (κ1) is 25.1. The number of rotatable bonds is 8. The molecular formula is C24H23F4NO5. The Morgan fingerprint density at radius 1 is 1.03 bits per heavy atom. The molecular weight excluding hydrogens is 458 g/mol. The number of carbonyl (C=O) groups excluding carboxylic acids is 2. The van der Waals surface area contributed by atoms with E-state index >= 15 is 0 Å². The van der Waals surface area contributed by atoms with Crippen molar-refractivity contribution in [1.29, 1.82) is 0 Å². The molecule has 0 unspecified atom stereocenters. The van der Waals surface area contributed by atoms with Gasteiger partial charge in [-0.2, -0.15) is 0 Å². The van der Waals surface area contributed by atoms with Crippen molar-refractivity contribution in [3.05, 3.63) is 70.8 Å². The molecule has 34 heavy (non-hydrogen) atoms. The van der Waals surface area contributed by atoms with E-state index in [1.807, 2.05) is 0 Å². The van der Waals surface area contributed by atoms with Crippen LogP contribution in [-0.2, 0) is 9.53 Å². The van der Waals surface area contributed by atoms with E-state index in [0.717, 1.165) is 0 Å². The second-order valence-electron chi connectivity index (χ2n) is 7.55. The van der Waals surface area contributed by atoms with Crippen LogP contribution in [0.2, 0.25) is 0 Å². The Bertz CT molecular complexity index is 1090. The lowest BCUT2D eigenvalue weighted by Gasteiger charge is -2.24. The smallest absolute Gasteiger partial charge is 0.314 e. The SMILES string of the molecule is CCOC(=O)[C@H](c1cc(OC)ccc1OC)[C@@H]1C=C[C@H](NC(=O)c2c(F)c(F)cc(F)c2F)C1. The zero-order valence-electron chi connectivity index (χ0n) is 18.7. The largest absolute Gasteiger partial charge is 0.497 e. The zero-order chi connectivity index (χ0) is 25.0. The molecule has 0 fully saturated rings. The molecule has 0 saturated heterocycles. The number of benzene rings is 2. The van der Waals surface area contributed by atoms with Crippen molar-refractivity contribution in [2.24, 2.45) is 5.92 Å². The van der Waals surface area contributed by atoms with Crippen LogP contribution in [0.25, 0.3) is 0 Å². The Kier molecular flexibility index (Phi) is 7.80. The van der Waals surface area contributed by atoms with Crippen LogP contribution in [-0.4, -0.2) is 38.7 Å². The molecule has 0 aliphatic heterocycles. The summed E-state index contributed by atoms with van der Waals surface area (Å²) in [5.41, 5.74) is -0.864. The summed E-state index contributed by atoms with van der Waals surface area (Å²) in [4.78, 5) is 25.3. The van der Waals surface area contributed by atoms with Gasteiger partial charge in [0.05, 0.1) is 26.7 Å². The van der Waals surface area contributed by atoms with Crippen LogP contribution >= 0.6 is 0 Å². The molecule has 6 nitrogen and oxygen atoms in total. The summed E-state index contributed by atoms with van der Waals surface area (Å²) in [6.07, 6.45) is 3.34. The number of halogens is 4. The van der Waals surface area contributed by atoms with E-state index in [0.29, 0.717) is 17.1 Å². The van der Waals surface area contributed by atoms with Gasteiger partial charge in [-0.05, 0) is 37.5 Å². The topological polar surface area (TPSA) is 73.9 Å². The van der Waals surface area contributed by atoms with E-state index in [-0.39, 0.29) is 19.1 Å². The van der Waals surface area contributed by atoms with E-state index < -0.39 is 58.6 Å². The summed E-state index contributed by atoms with van der Waals surface area (Å²) in [5.74, 6) is -9.26. The van der Waals surface area contributed by atoms with Crippen molar-refractivity contribution in [1.82, 2.24) is 5.32 Å². The van der Waals surface area contributed by atoms with Gasteiger partial charge in [-0.15, -0.1) is 0 Å². The minimum absolute atomic E-state index is 0.0262. The van der Waals surface area contributed by atoms with Gasteiger partial charge < -0.3 is 19.5 Å². The molecule has 0 spiro atoms. The van der Waals surface area contributed by atoms with E-state index in [2.05, 4.69) is 5.32 Å². The molecule has 2 aromatic rings. The third-order valence-corrected chi connectivity index (χ3v) is 5.51. The van der Waals surface area contributed by atoms with Crippen LogP contribution in [0.1, 0.15) is 35.2 Å². The van der Waals surface area contributed by atoms with Gasteiger partial charge in [-0.25, -0.2) is 17.6 Å². The molecule has 0 saturated carbocycles. The van der Waals surface area contributed by atoms with Crippen LogP contribution in [0.4, 0.5) is 17.6 Å². The van der Waals surface area contributed by atoms with Gasteiger partial charge in [-0.3, -0.25) is 9.59 Å². The van der Waals surface area contributed by atoms with Crippen molar-refractivity contribution in [2.45, 2.75) is 25.3 Å². The lowest BCUT2D eigenvalue weighted by Crippen LogP contribution is -2.35. The summed E-state index contributed by atoms with van der Waals surface area (Å²) in [5, 5.41) is 2.34. The molecule has 182 valence electrons. The number of ether oxygens (including phenoxy) is 3. The third kappa shape index (κ3) is 5.00. The molecule has 1 aliphatic rings. The average Bonchev–Trinajstić information content (AvgIpc) is 3.25. The predicted molar refractivity (Wildman–Crippen MR) is 114 cm³/mol. The molecule has 10 heteroatoms. The van der Waals surface area contributed by atoms with Crippen LogP contribution < -0.4 is 14.8 Å². The first-order valence-electron chi connectivity index (χ1n) is 10.4. The number of methoxy groups -OCH3 is 2. The number of allylic oxidation sites excluding steroid dienone is 1. The van der Waals surface area contributed by atoms with Crippen molar-refractivity contribution in [3.63, 3.8) is 0 Å².